The fraction of sp³-hybridized carbons (Fsp3) is 0.462. The summed E-state index contributed by atoms with van der Waals surface area (Å²) in [6, 6.07) is 10.1. The van der Waals surface area contributed by atoms with E-state index in [1.54, 1.807) is 0 Å². The van der Waals surface area contributed by atoms with Crippen molar-refractivity contribution in [2.45, 2.75) is 33.3 Å². The molecule has 0 aliphatic carbocycles. The molecule has 2 nitrogen and oxygen atoms in total. The van der Waals surface area contributed by atoms with Gasteiger partial charge < -0.3 is 4.74 Å². The molecule has 2 heteroatoms. The molecule has 0 unspecified atom stereocenters. The molecule has 82 valence electrons. The van der Waals surface area contributed by atoms with Gasteiger partial charge in [-0.2, -0.15) is 0 Å². The molecule has 0 N–H and O–H groups in total. The average Bonchev–Trinajstić information content (AvgIpc) is 2.17. The summed E-state index contributed by atoms with van der Waals surface area (Å²) in [7, 11) is 0. The fourth-order valence-electron chi connectivity index (χ4n) is 1.47. The Balaban J connectivity index is 2.63. The first-order valence-electron chi connectivity index (χ1n) is 5.30. The smallest absolute Gasteiger partial charge is 0.302 e. The summed E-state index contributed by atoms with van der Waals surface area (Å²) >= 11 is 0. The lowest BCUT2D eigenvalue weighted by atomic mass is 9.99. The van der Waals surface area contributed by atoms with Gasteiger partial charge in [0.25, 0.3) is 0 Å². The van der Waals surface area contributed by atoms with Gasteiger partial charge in [0.2, 0.25) is 0 Å². The average molecular weight is 206 g/mol. The number of ether oxygens (including phenoxy) is 1. The van der Waals surface area contributed by atoms with Crippen molar-refractivity contribution in [1.82, 2.24) is 0 Å². The number of hydrogen-bond acceptors (Lipinski definition) is 2. The van der Waals surface area contributed by atoms with Gasteiger partial charge in [-0.05, 0) is 11.5 Å². The molecule has 15 heavy (non-hydrogen) atoms. The van der Waals surface area contributed by atoms with Crippen LogP contribution in [-0.4, -0.2) is 12.1 Å². The summed E-state index contributed by atoms with van der Waals surface area (Å²) in [5, 5.41) is 0. The second-order valence-electron chi connectivity index (χ2n) is 4.08. The van der Waals surface area contributed by atoms with E-state index in [1.165, 1.54) is 12.5 Å². The molecule has 0 amide bonds. The molecule has 0 saturated carbocycles. The maximum Gasteiger partial charge on any atom is 0.302 e. The van der Waals surface area contributed by atoms with Gasteiger partial charge in [0.05, 0.1) is 0 Å². The Hall–Kier alpha value is -1.31. The number of esters is 1. The van der Waals surface area contributed by atoms with Crippen LogP contribution in [0.25, 0.3) is 0 Å². The van der Waals surface area contributed by atoms with Crippen molar-refractivity contribution in [2.24, 2.45) is 5.92 Å². The third kappa shape index (κ3) is 4.15. The minimum Gasteiger partial charge on any atom is -0.462 e. The SMILES string of the molecule is CC(=O)O[C@H](Cc1ccccc1)C(C)C. The molecular weight excluding hydrogens is 188 g/mol. The molecule has 0 aliphatic rings. The highest BCUT2D eigenvalue weighted by atomic mass is 16.5. The highest BCUT2D eigenvalue weighted by molar-refractivity contribution is 5.66. The predicted octanol–water partition coefficient (Wildman–Crippen LogP) is 2.82. The van der Waals surface area contributed by atoms with E-state index in [2.05, 4.69) is 26.0 Å². The van der Waals surface area contributed by atoms with Crippen LogP contribution in [0.4, 0.5) is 0 Å². The van der Waals surface area contributed by atoms with Crippen molar-refractivity contribution in [3.63, 3.8) is 0 Å². The second kappa shape index (κ2) is 5.54. The van der Waals surface area contributed by atoms with Gasteiger partial charge in [0.15, 0.2) is 0 Å². The van der Waals surface area contributed by atoms with E-state index in [1.807, 2.05) is 18.2 Å². The Morgan fingerprint density at radius 3 is 2.33 bits per heavy atom. The van der Waals surface area contributed by atoms with Gasteiger partial charge in [-0.15, -0.1) is 0 Å². The van der Waals surface area contributed by atoms with E-state index in [4.69, 9.17) is 4.74 Å². The van der Waals surface area contributed by atoms with Gasteiger partial charge in [0.1, 0.15) is 6.10 Å². The van der Waals surface area contributed by atoms with E-state index in [0.717, 1.165) is 6.42 Å². The van der Waals surface area contributed by atoms with Gasteiger partial charge >= 0.3 is 5.97 Å². The first-order valence-corrected chi connectivity index (χ1v) is 5.30. The summed E-state index contributed by atoms with van der Waals surface area (Å²) in [5.41, 5.74) is 1.21. The van der Waals surface area contributed by atoms with Crippen LogP contribution in [0, 0.1) is 5.92 Å². The second-order valence-corrected chi connectivity index (χ2v) is 4.08. The van der Waals surface area contributed by atoms with E-state index < -0.39 is 0 Å². The van der Waals surface area contributed by atoms with E-state index >= 15 is 0 Å². The van der Waals surface area contributed by atoms with Crippen molar-refractivity contribution in [3.8, 4) is 0 Å². The Morgan fingerprint density at radius 1 is 1.27 bits per heavy atom. The molecule has 1 aromatic rings. The van der Waals surface area contributed by atoms with Crippen LogP contribution in [0.15, 0.2) is 30.3 Å². The molecule has 1 atom stereocenters. The highest BCUT2D eigenvalue weighted by Crippen LogP contribution is 2.13. The molecule has 0 heterocycles. The minimum atomic E-state index is -0.204. The van der Waals surface area contributed by atoms with E-state index in [-0.39, 0.29) is 12.1 Å². The number of carbonyl (C=O) groups excluding carboxylic acids is 1. The lowest BCUT2D eigenvalue weighted by Crippen LogP contribution is -2.24. The van der Waals surface area contributed by atoms with E-state index in [0.29, 0.717) is 5.92 Å². The first kappa shape index (κ1) is 11.8. The van der Waals surface area contributed by atoms with Gasteiger partial charge in [0, 0.05) is 13.3 Å². The van der Waals surface area contributed by atoms with Crippen LogP contribution >= 0.6 is 0 Å². The molecule has 0 aromatic heterocycles. The van der Waals surface area contributed by atoms with Gasteiger partial charge in [-0.25, -0.2) is 0 Å². The number of carbonyl (C=O) groups is 1. The fourth-order valence-corrected chi connectivity index (χ4v) is 1.47. The Morgan fingerprint density at radius 2 is 1.87 bits per heavy atom. The van der Waals surface area contributed by atoms with Crippen molar-refractivity contribution in [2.75, 3.05) is 0 Å². The van der Waals surface area contributed by atoms with Crippen molar-refractivity contribution in [3.05, 3.63) is 35.9 Å². The molecule has 0 spiro atoms. The third-order valence-electron chi connectivity index (χ3n) is 2.34. The maximum atomic E-state index is 10.9. The zero-order valence-corrected chi connectivity index (χ0v) is 9.57. The van der Waals surface area contributed by atoms with Crippen molar-refractivity contribution < 1.29 is 9.53 Å². The quantitative estimate of drug-likeness (QED) is 0.708. The predicted molar refractivity (Wildman–Crippen MR) is 60.5 cm³/mol. The maximum absolute atomic E-state index is 10.9. The zero-order chi connectivity index (χ0) is 11.3. The molecule has 0 fully saturated rings. The molecule has 0 aliphatic heterocycles. The normalized spacial score (nSPS) is 12.5. The van der Waals surface area contributed by atoms with Crippen LogP contribution in [0.1, 0.15) is 26.3 Å². The van der Waals surface area contributed by atoms with E-state index in [9.17, 15) is 4.79 Å². The van der Waals surface area contributed by atoms with Crippen LogP contribution in [-0.2, 0) is 16.0 Å². The summed E-state index contributed by atoms with van der Waals surface area (Å²) in [6.07, 6.45) is 0.767. The lowest BCUT2D eigenvalue weighted by Gasteiger charge is -2.20. The Kier molecular flexibility index (Phi) is 4.35. The van der Waals surface area contributed by atoms with Crippen LogP contribution in [0.2, 0.25) is 0 Å². The summed E-state index contributed by atoms with van der Waals surface area (Å²) < 4.78 is 5.28. The van der Waals surface area contributed by atoms with Gasteiger partial charge in [-0.1, -0.05) is 44.2 Å². The van der Waals surface area contributed by atoms with Crippen LogP contribution < -0.4 is 0 Å². The monoisotopic (exact) mass is 206 g/mol. The Labute approximate surface area is 91.3 Å². The van der Waals surface area contributed by atoms with Crippen LogP contribution in [0.3, 0.4) is 0 Å². The molecule has 0 radical (unpaired) electrons. The zero-order valence-electron chi connectivity index (χ0n) is 9.57. The molecule has 0 saturated heterocycles. The standard InChI is InChI=1S/C13H18O2/c1-10(2)13(15-11(3)14)9-12-7-5-4-6-8-12/h4-8,10,13H,9H2,1-3H3/t13-/m1/s1. The number of rotatable bonds is 4. The molecule has 0 bridgehead atoms. The first-order chi connectivity index (χ1) is 7.09. The number of hydrogen-bond donors (Lipinski definition) is 0. The summed E-state index contributed by atoms with van der Waals surface area (Å²) in [6.45, 7) is 5.59. The third-order valence-corrected chi connectivity index (χ3v) is 2.34. The summed E-state index contributed by atoms with van der Waals surface area (Å²) in [5.74, 6) is 0.138. The molecule has 1 rings (SSSR count). The molecule has 1 aromatic carbocycles. The summed E-state index contributed by atoms with van der Waals surface area (Å²) in [4.78, 5) is 10.9. The largest absolute Gasteiger partial charge is 0.462 e. The van der Waals surface area contributed by atoms with Gasteiger partial charge in [-0.3, -0.25) is 4.79 Å². The minimum absolute atomic E-state index is 0.0232. The highest BCUT2D eigenvalue weighted by Gasteiger charge is 2.16. The van der Waals surface area contributed by atoms with Crippen LogP contribution in [0.5, 0.6) is 0 Å². The topological polar surface area (TPSA) is 26.3 Å². The van der Waals surface area contributed by atoms with Crippen molar-refractivity contribution in [1.29, 1.82) is 0 Å². The Bertz CT molecular complexity index is 304. The number of benzene rings is 1. The van der Waals surface area contributed by atoms with Crippen molar-refractivity contribution >= 4 is 5.97 Å². The molecular formula is C13H18O2. The lowest BCUT2D eigenvalue weighted by molar-refractivity contribution is -0.148.